The molecule has 21 heavy (non-hydrogen) atoms. The van der Waals surface area contributed by atoms with E-state index in [0.29, 0.717) is 0 Å². The summed E-state index contributed by atoms with van der Waals surface area (Å²) in [6.07, 6.45) is -5.23. The van der Waals surface area contributed by atoms with Crippen LogP contribution >= 0.6 is 0 Å². The van der Waals surface area contributed by atoms with Gasteiger partial charge in [-0.1, -0.05) is 0 Å². The maximum Gasteiger partial charge on any atom is 0.393 e. The minimum Gasteiger partial charge on any atom is -0.480 e. The van der Waals surface area contributed by atoms with Gasteiger partial charge in [0.15, 0.2) is 0 Å². The minimum atomic E-state index is -4.37. The van der Waals surface area contributed by atoms with Crippen molar-refractivity contribution in [2.24, 2.45) is 5.92 Å². The molecular weight excluding hydrogens is 293 g/mol. The first-order chi connectivity index (χ1) is 9.70. The molecule has 0 spiro atoms. The molecule has 2 saturated heterocycles. The molecule has 6 nitrogen and oxygen atoms in total. The van der Waals surface area contributed by atoms with E-state index in [1.54, 1.807) is 0 Å². The summed E-state index contributed by atoms with van der Waals surface area (Å²) in [5.74, 6) is -2.84. The van der Waals surface area contributed by atoms with Gasteiger partial charge in [-0.2, -0.15) is 13.2 Å². The van der Waals surface area contributed by atoms with E-state index in [1.165, 1.54) is 0 Å². The molecule has 2 aliphatic rings. The Bertz CT molecular complexity index is 429. The number of carboxylic acids is 1. The summed E-state index contributed by atoms with van der Waals surface area (Å²) in [6.45, 7) is -0.450. The van der Waals surface area contributed by atoms with Crippen LogP contribution in [0.1, 0.15) is 19.3 Å². The number of nitrogens with zero attached hydrogens (tertiary/aromatic N) is 2. The van der Waals surface area contributed by atoms with Gasteiger partial charge in [0, 0.05) is 26.1 Å². The lowest BCUT2D eigenvalue weighted by molar-refractivity contribution is -0.184. The summed E-state index contributed by atoms with van der Waals surface area (Å²) >= 11 is 0. The van der Waals surface area contributed by atoms with Crippen molar-refractivity contribution in [2.45, 2.75) is 37.6 Å². The molecule has 0 aromatic carbocycles. The number of rotatable bonds is 1. The molecule has 2 aliphatic heterocycles. The predicted molar refractivity (Wildman–Crippen MR) is 64.5 cm³/mol. The van der Waals surface area contributed by atoms with Crippen LogP contribution in [-0.4, -0.2) is 70.0 Å². The first kappa shape index (κ1) is 15.9. The lowest BCUT2D eigenvalue weighted by Crippen LogP contribution is -2.52. The number of carboxylic acid groups (broad SMARTS) is 1. The van der Waals surface area contributed by atoms with E-state index in [0.717, 1.165) is 9.80 Å². The van der Waals surface area contributed by atoms with Crippen molar-refractivity contribution in [1.82, 2.24) is 9.80 Å². The molecule has 120 valence electrons. The predicted octanol–water partition coefficient (Wildman–Crippen LogP) is 0.900. The van der Waals surface area contributed by atoms with Crippen LogP contribution in [0, 0.1) is 5.92 Å². The second kappa shape index (κ2) is 5.70. The standard InChI is InChI=1S/C12H17F3N2O4/c13-12(14,15)7-2-1-3-16(5-7)11(21)17-6-8(18)4-9(17)10(19)20/h7-9,18H,1-6H2,(H,19,20)/t7?,8-,9-/m1/s1. The maximum atomic E-state index is 12.7. The molecule has 2 fully saturated rings. The van der Waals surface area contributed by atoms with Gasteiger partial charge in [-0.05, 0) is 12.8 Å². The number of aliphatic hydroxyl groups is 1. The maximum absolute atomic E-state index is 12.7. The molecule has 1 unspecified atom stereocenters. The van der Waals surface area contributed by atoms with Crippen molar-refractivity contribution in [3.05, 3.63) is 0 Å². The molecular formula is C12H17F3N2O4. The monoisotopic (exact) mass is 310 g/mol. The van der Waals surface area contributed by atoms with Crippen molar-refractivity contribution >= 4 is 12.0 Å². The number of hydrogen-bond acceptors (Lipinski definition) is 3. The van der Waals surface area contributed by atoms with Crippen molar-refractivity contribution < 1.29 is 33.0 Å². The van der Waals surface area contributed by atoms with Crippen LogP contribution in [0.3, 0.4) is 0 Å². The first-order valence-corrected chi connectivity index (χ1v) is 6.73. The molecule has 2 heterocycles. The van der Waals surface area contributed by atoms with Gasteiger partial charge in [-0.25, -0.2) is 9.59 Å². The number of alkyl halides is 3. The van der Waals surface area contributed by atoms with Gasteiger partial charge in [-0.3, -0.25) is 0 Å². The van der Waals surface area contributed by atoms with E-state index in [9.17, 15) is 27.9 Å². The van der Waals surface area contributed by atoms with Crippen molar-refractivity contribution in [2.75, 3.05) is 19.6 Å². The molecule has 0 radical (unpaired) electrons. The molecule has 0 aromatic heterocycles. The highest BCUT2D eigenvalue weighted by atomic mass is 19.4. The van der Waals surface area contributed by atoms with Gasteiger partial charge in [-0.15, -0.1) is 0 Å². The molecule has 0 aromatic rings. The molecule has 3 atom stereocenters. The third-order valence-electron chi connectivity index (χ3n) is 3.96. The van der Waals surface area contributed by atoms with E-state index < -0.39 is 42.8 Å². The Morgan fingerprint density at radius 1 is 1.19 bits per heavy atom. The molecule has 2 rings (SSSR count). The van der Waals surface area contributed by atoms with E-state index in [4.69, 9.17) is 5.11 Å². The zero-order chi connectivity index (χ0) is 15.8. The quantitative estimate of drug-likeness (QED) is 0.754. The number of urea groups is 1. The lowest BCUT2D eigenvalue weighted by Gasteiger charge is -2.36. The number of halogens is 3. The molecule has 0 bridgehead atoms. The summed E-state index contributed by atoms with van der Waals surface area (Å²) in [7, 11) is 0. The molecule has 2 N–H and O–H groups in total. The highest BCUT2D eigenvalue weighted by Gasteiger charge is 2.45. The summed E-state index contributed by atoms with van der Waals surface area (Å²) in [5, 5.41) is 18.5. The number of piperidine rings is 1. The highest BCUT2D eigenvalue weighted by Crippen LogP contribution is 2.34. The van der Waals surface area contributed by atoms with Gasteiger partial charge >= 0.3 is 18.2 Å². The second-order valence-corrected chi connectivity index (χ2v) is 5.51. The summed E-state index contributed by atoms with van der Waals surface area (Å²) < 4.78 is 38.2. The van der Waals surface area contributed by atoms with E-state index in [-0.39, 0.29) is 32.4 Å². The number of β-amino-alcohol motifs (C(OH)–C–C–N with tert-alkyl or cyclic N) is 1. The number of aliphatic hydroxyl groups excluding tert-OH is 1. The van der Waals surface area contributed by atoms with Gasteiger partial charge < -0.3 is 20.0 Å². The lowest BCUT2D eigenvalue weighted by atomic mass is 9.98. The third kappa shape index (κ3) is 3.39. The van der Waals surface area contributed by atoms with Crippen LogP contribution in [0.4, 0.5) is 18.0 Å². The Hall–Kier alpha value is -1.51. The SMILES string of the molecule is O=C(O)[C@H]1C[C@@H](O)CN1C(=O)N1CCCC(C(F)(F)F)C1. The zero-order valence-corrected chi connectivity index (χ0v) is 11.2. The van der Waals surface area contributed by atoms with E-state index in [2.05, 4.69) is 0 Å². The summed E-state index contributed by atoms with van der Waals surface area (Å²) in [5.41, 5.74) is 0. The number of hydrogen-bond donors (Lipinski definition) is 2. The fourth-order valence-corrected chi connectivity index (χ4v) is 2.86. The Morgan fingerprint density at radius 3 is 2.43 bits per heavy atom. The van der Waals surface area contributed by atoms with Gasteiger partial charge in [0.25, 0.3) is 0 Å². The first-order valence-electron chi connectivity index (χ1n) is 6.73. The Labute approximate surface area is 119 Å². The van der Waals surface area contributed by atoms with Crippen molar-refractivity contribution in [3.8, 4) is 0 Å². The topological polar surface area (TPSA) is 81.1 Å². The number of aliphatic carboxylic acids is 1. The van der Waals surface area contributed by atoms with Crippen LogP contribution < -0.4 is 0 Å². The second-order valence-electron chi connectivity index (χ2n) is 5.51. The highest BCUT2D eigenvalue weighted by molar-refractivity contribution is 5.83. The van der Waals surface area contributed by atoms with Crippen molar-refractivity contribution in [3.63, 3.8) is 0 Å². The number of carbonyl (C=O) groups excluding carboxylic acids is 1. The average Bonchev–Trinajstić information content (AvgIpc) is 2.79. The van der Waals surface area contributed by atoms with Gasteiger partial charge in [0.1, 0.15) is 6.04 Å². The van der Waals surface area contributed by atoms with Crippen molar-refractivity contribution in [1.29, 1.82) is 0 Å². The third-order valence-corrected chi connectivity index (χ3v) is 3.96. The number of carbonyl (C=O) groups is 2. The van der Waals surface area contributed by atoms with Gasteiger partial charge in [0.05, 0.1) is 12.0 Å². The molecule has 2 amide bonds. The summed E-state index contributed by atoms with van der Waals surface area (Å²) in [6, 6.07) is -1.92. The van der Waals surface area contributed by atoms with Crippen LogP contribution in [0.25, 0.3) is 0 Å². The summed E-state index contributed by atoms with van der Waals surface area (Å²) in [4.78, 5) is 25.3. The molecule has 0 saturated carbocycles. The Balaban J connectivity index is 2.07. The molecule has 0 aliphatic carbocycles. The Morgan fingerprint density at radius 2 is 1.86 bits per heavy atom. The minimum absolute atomic E-state index is 0.0295. The van der Waals surface area contributed by atoms with Crippen LogP contribution in [0.15, 0.2) is 0 Å². The molecule has 9 heteroatoms. The number of amides is 2. The fraction of sp³-hybridized carbons (Fsp3) is 0.833. The fourth-order valence-electron chi connectivity index (χ4n) is 2.86. The smallest absolute Gasteiger partial charge is 0.393 e. The van der Waals surface area contributed by atoms with Gasteiger partial charge in [0.2, 0.25) is 0 Å². The van der Waals surface area contributed by atoms with Crippen LogP contribution in [0.5, 0.6) is 0 Å². The Kier molecular flexibility index (Phi) is 4.31. The normalized spacial score (nSPS) is 30.6. The van der Waals surface area contributed by atoms with Crippen LogP contribution in [-0.2, 0) is 4.79 Å². The van der Waals surface area contributed by atoms with E-state index >= 15 is 0 Å². The zero-order valence-electron chi connectivity index (χ0n) is 11.2. The van der Waals surface area contributed by atoms with Crippen LogP contribution in [0.2, 0.25) is 0 Å². The number of likely N-dealkylation sites (tertiary alicyclic amines) is 2. The largest absolute Gasteiger partial charge is 0.480 e. The van der Waals surface area contributed by atoms with E-state index in [1.807, 2.05) is 0 Å². The average molecular weight is 310 g/mol.